The van der Waals surface area contributed by atoms with Crippen LogP contribution in [-0.4, -0.2) is 4.98 Å². The molecule has 0 aromatic carbocycles. The van der Waals surface area contributed by atoms with Gasteiger partial charge in [-0.1, -0.05) is 25.3 Å². The van der Waals surface area contributed by atoms with Gasteiger partial charge in [-0.15, -0.1) is 0 Å². The molecular formula is C9H10N2. The molecule has 1 rings (SSSR count). The van der Waals surface area contributed by atoms with E-state index in [1.807, 2.05) is 6.07 Å². The molecule has 2 nitrogen and oxygen atoms in total. The molecule has 0 atom stereocenters. The Kier molecular flexibility index (Phi) is 2.06. The summed E-state index contributed by atoms with van der Waals surface area (Å²) >= 11 is 0. The lowest BCUT2D eigenvalue weighted by molar-refractivity contribution is 1.32. The van der Waals surface area contributed by atoms with E-state index in [0.717, 1.165) is 11.1 Å². The minimum atomic E-state index is 0.498. The zero-order chi connectivity index (χ0) is 8.27. The number of nitrogens with two attached hydrogens (primary N) is 1. The third kappa shape index (κ3) is 1.29. The van der Waals surface area contributed by atoms with Gasteiger partial charge in [0.25, 0.3) is 0 Å². The number of hydrogen-bond acceptors (Lipinski definition) is 2. The van der Waals surface area contributed by atoms with Gasteiger partial charge in [0.05, 0.1) is 0 Å². The smallest absolute Gasteiger partial charge is 0.131 e. The van der Waals surface area contributed by atoms with Crippen molar-refractivity contribution >= 4 is 18.0 Å². The highest BCUT2D eigenvalue weighted by molar-refractivity contribution is 5.70. The second-order valence-corrected chi connectivity index (χ2v) is 2.11. The van der Waals surface area contributed by atoms with Crippen molar-refractivity contribution in [2.75, 3.05) is 5.73 Å². The van der Waals surface area contributed by atoms with Crippen molar-refractivity contribution in [2.45, 2.75) is 0 Å². The third-order valence-corrected chi connectivity index (χ3v) is 1.48. The molecule has 0 amide bonds. The summed E-state index contributed by atoms with van der Waals surface area (Å²) in [5.74, 6) is 0.498. The highest BCUT2D eigenvalue weighted by atomic mass is 14.8. The number of hydrogen-bond donors (Lipinski definition) is 1. The Morgan fingerprint density at radius 2 is 2.09 bits per heavy atom. The molecule has 0 fully saturated rings. The maximum Gasteiger partial charge on any atom is 0.131 e. The third-order valence-electron chi connectivity index (χ3n) is 1.48. The molecule has 0 aliphatic heterocycles. The number of nitrogen functional groups attached to an aromatic ring is 1. The number of aromatic nitrogens is 1. The second kappa shape index (κ2) is 3.01. The lowest BCUT2D eigenvalue weighted by atomic mass is 10.1. The molecule has 0 radical (unpaired) electrons. The van der Waals surface area contributed by atoms with Crippen LogP contribution < -0.4 is 5.73 Å². The Balaban J connectivity index is 3.35. The van der Waals surface area contributed by atoms with Crippen LogP contribution in [0.25, 0.3) is 12.2 Å². The van der Waals surface area contributed by atoms with Gasteiger partial charge in [-0.3, -0.25) is 0 Å². The highest BCUT2D eigenvalue weighted by Crippen LogP contribution is 2.15. The van der Waals surface area contributed by atoms with Gasteiger partial charge < -0.3 is 5.73 Å². The standard InChI is InChI=1S/C9H10N2/c1-3-7-5-6-11-9(10)8(7)4-2/h3-6H,1-2H2,(H2,10,11). The molecule has 11 heavy (non-hydrogen) atoms. The average Bonchev–Trinajstić information content (AvgIpc) is 2.04. The maximum atomic E-state index is 5.58. The summed E-state index contributed by atoms with van der Waals surface area (Å²) < 4.78 is 0. The summed E-state index contributed by atoms with van der Waals surface area (Å²) in [5, 5.41) is 0. The van der Waals surface area contributed by atoms with Crippen LogP contribution in [0.3, 0.4) is 0 Å². The Morgan fingerprint density at radius 1 is 1.36 bits per heavy atom. The molecule has 0 unspecified atom stereocenters. The van der Waals surface area contributed by atoms with Crippen molar-refractivity contribution in [3.63, 3.8) is 0 Å². The van der Waals surface area contributed by atoms with Crippen molar-refractivity contribution in [1.29, 1.82) is 0 Å². The van der Waals surface area contributed by atoms with Crippen LogP contribution >= 0.6 is 0 Å². The molecule has 2 heteroatoms. The molecule has 2 N–H and O–H groups in total. The van der Waals surface area contributed by atoms with E-state index in [4.69, 9.17) is 5.73 Å². The summed E-state index contributed by atoms with van der Waals surface area (Å²) in [6.07, 6.45) is 5.06. The quantitative estimate of drug-likeness (QED) is 0.692. The van der Waals surface area contributed by atoms with Crippen molar-refractivity contribution in [2.24, 2.45) is 0 Å². The van der Waals surface area contributed by atoms with Gasteiger partial charge in [0.1, 0.15) is 5.82 Å². The van der Waals surface area contributed by atoms with E-state index in [0.29, 0.717) is 5.82 Å². The summed E-state index contributed by atoms with van der Waals surface area (Å²) in [6, 6.07) is 1.85. The van der Waals surface area contributed by atoms with Gasteiger partial charge in [-0.25, -0.2) is 4.98 Å². The fraction of sp³-hybridized carbons (Fsp3) is 0. The van der Waals surface area contributed by atoms with Crippen LogP contribution in [0, 0.1) is 0 Å². The zero-order valence-electron chi connectivity index (χ0n) is 6.25. The molecule has 1 heterocycles. The predicted molar refractivity (Wildman–Crippen MR) is 48.8 cm³/mol. The number of pyridine rings is 1. The molecule has 0 aliphatic rings. The van der Waals surface area contributed by atoms with Crippen molar-refractivity contribution in [3.05, 3.63) is 36.5 Å². The van der Waals surface area contributed by atoms with E-state index in [1.165, 1.54) is 0 Å². The first-order chi connectivity index (χ1) is 5.29. The Bertz CT molecular complexity index is 290. The summed E-state index contributed by atoms with van der Waals surface area (Å²) in [6.45, 7) is 7.28. The van der Waals surface area contributed by atoms with Gasteiger partial charge in [0.2, 0.25) is 0 Å². The van der Waals surface area contributed by atoms with Gasteiger partial charge in [-0.2, -0.15) is 0 Å². The second-order valence-electron chi connectivity index (χ2n) is 2.11. The highest BCUT2D eigenvalue weighted by Gasteiger charge is 1.98. The lowest BCUT2D eigenvalue weighted by Gasteiger charge is -2.01. The lowest BCUT2D eigenvalue weighted by Crippen LogP contribution is -1.94. The van der Waals surface area contributed by atoms with Gasteiger partial charge in [0, 0.05) is 11.8 Å². The van der Waals surface area contributed by atoms with Crippen LogP contribution in [0.4, 0.5) is 5.82 Å². The van der Waals surface area contributed by atoms with E-state index in [9.17, 15) is 0 Å². The van der Waals surface area contributed by atoms with Gasteiger partial charge in [-0.05, 0) is 11.6 Å². The van der Waals surface area contributed by atoms with E-state index >= 15 is 0 Å². The Hall–Kier alpha value is -1.57. The van der Waals surface area contributed by atoms with E-state index in [-0.39, 0.29) is 0 Å². The molecule has 0 saturated carbocycles. The van der Waals surface area contributed by atoms with Crippen molar-refractivity contribution in [1.82, 2.24) is 4.98 Å². The van der Waals surface area contributed by atoms with Crippen LogP contribution in [0.15, 0.2) is 25.4 Å². The number of anilines is 1. The normalized spacial score (nSPS) is 9.09. The Labute approximate surface area is 66.1 Å². The fourth-order valence-electron chi connectivity index (χ4n) is 0.905. The predicted octanol–water partition coefficient (Wildman–Crippen LogP) is 1.95. The molecule has 1 aromatic rings. The SMILES string of the molecule is C=Cc1ccnc(N)c1C=C. The largest absolute Gasteiger partial charge is 0.383 e. The van der Waals surface area contributed by atoms with Crippen molar-refractivity contribution < 1.29 is 0 Å². The van der Waals surface area contributed by atoms with E-state index in [2.05, 4.69) is 18.1 Å². The number of rotatable bonds is 2. The van der Waals surface area contributed by atoms with Crippen LogP contribution in [0.2, 0.25) is 0 Å². The first kappa shape index (κ1) is 7.54. The van der Waals surface area contributed by atoms with Gasteiger partial charge in [0.15, 0.2) is 0 Å². The molecular weight excluding hydrogens is 136 g/mol. The van der Waals surface area contributed by atoms with Gasteiger partial charge >= 0.3 is 0 Å². The number of nitrogens with zero attached hydrogens (tertiary/aromatic N) is 1. The van der Waals surface area contributed by atoms with Crippen LogP contribution in [0.5, 0.6) is 0 Å². The summed E-state index contributed by atoms with van der Waals surface area (Å²) in [7, 11) is 0. The topological polar surface area (TPSA) is 38.9 Å². The maximum absolute atomic E-state index is 5.58. The first-order valence-corrected chi connectivity index (χ1v) is 3.29. The minimum absolute atomic E-state index is 0.498. The van der Waals surface area contributed by atoms with E-state index < -0.39 is 0 Å². The first-order valence-electron chi connectivity index (χ1n) is 3.29. The monoisotopic (exact) mass is 146 g/mol. The summed E-state index contributed by atoms with van der Waals surface area (Å²) in [5.41, 5.74) is 7.39. The molecule has 0 bridgehead atoms. The average molecular weight is 146 g/mol. The zero-order valence-corrected chi connectivity index (χ0v) is 6.25. The van der Waals surface area contributed by atoms with Crippen LogP contribution in [0.1, 0.15) is 11.1 Å². The summed E-state index contributed by atoms with van der Waals surface area (Å²) in [4.78, 5) is 3.92. The van der Waals surface area contributed by atoms with Crippen molar-refractivity contribution in [3.8, 4) is 0 Å². The van der Waals surface area contributed by atoms with E-state index in [1.54, 1.807) is 18.3 Å². The van der Waals surface area contributed by atoms with Crippen LogP contribution in [-0.2, 0) is 0 Å². The molecule has 0 aliphatic carbocycles. The molecule has 0 spiro atoms. The fourth-order valence-corrected chi connectivity index (χ4v) is 0.905. The molecule has 1 aromatic heterocycles. The molecule has 0 saturated heterocycles. The molecule has 56 valence electrons. The Morgan fingerprint density at radius 3 is 2.55 bits per heavy atom. The minimum Gasteiger partial charge on any atom is -0.383 e.